The second-order valence-electron chi connectivity index (χ2n) is 9.27. The van der Waals surface area contributed by atoms with Crippen molar-refractivity contribution in [3.8, 4) is 23.7 Å². The highest BCUT2D eigenvalue weighted by Crippen LogP contribution is 2.22. The van der Waals surface area contributed by atoms with E-state index in [1.807, 2.05) is 48.5 Å². The minimum atomic E-state index is -0.257. The van der Waals surface area contributed by atoms with Gasteiger partial charge in [-0.2, -0.15) is 0 Å². The van der Waals surface area contributed by atoms with E-state index in [9.17, 15) is 4.39 Å². The number of benzene rings is 4. The molecule has 0 spiro atoms. The van der Waals surface area contributed by atoms with Crippen molar-refractivity contribution in [3.63, 3.8) is 0 Å². The fraction of sp³-hybridized carbons (Fsp3) is 0.257. The van der Waals surface area contributed by atoms with E-state index in [2.05, 4.69) is 61.8 Å². The number of aryl methyl sites for hydroxylation is 2. The molecule has 36 heavy (non-hydrogen) atoms. The van der Waals surface area contributed by atoms with Gasteiger partial charge in [-0.25, -0.2) is 4.39 Å². The Balaban J connectivity index is 1.38. The van der Waals surface area contributed by atoms with Crippen molar-refractivity contribution in [1.29, 1.82) is 0 Å². The Morgan fingerprint density at radius 3 is 1.81 bits per heavy atom. The SMILES string of the molecule is CCCCCCCc1ccc(C#Cc2ccc(C#Cc3ccc4cc(CC)ccc4c3F)cc2)cc1. The van der Waals surface area contributed by atoms with Crippen LogP contribution in [0.4, 0.5) is 4.39 Å². The third kappa shape index (κ3) is 6.87. The Labute approximate surface area is 215 Å². The van der Waals surface area contributed by atoms with E-state index >= 15 is 0 Å². The Kier molecular flexibility index (Phi) is 8.97. The molecule has 0 amide bonds. The number of hydrogen-bond acceptors (Lipinski definition) is 0. The molecule has 0 heterocycles. The fourth-order valence-electron chi connectivity index (χ4n) is 4.27. The van der Waals surface area contributed by atoms with Crippen molar-refractivity contribution in [2.75, 3.05) is 0 Å². The maximum Gasteiger partial charge on any atom is 0.146 e. The average molecular weight is 473 g/mol. The maximum atomic E-state index is 14.9. The number of fused-ring (bicyclic) bond motifs is 1. The molecule has 0 aliphatic rings. The van der Waals surface area contributed by atoms with Crippen LogP contribution in [0, 0.1) is 29.5 Å². The number of hydrogen-bond donors (Lipinski definition) is 0. The van der Waals surface area contributed by atoms with Crippen LogP contribution in [0.25, 0.3) is 10.8 Å². The number of halogens is 1. The van der Waals surface area contributed by atoms with Crippen molar-refractivity contribution in [2.45, 2.75) is 58.8 Å². The van der Waals surface area contributed by atoms with Gasteiger partial charge in [0.05, 0.1) is 5.56 Å². The molecule has 0 atom stereocenters. The van der Waals surface area contributed by atoms with Gasteiger partial charge >= 0.3 is 0 Å². The largest absolute Gasteiger partial charge is 0.205 e. The highest BCUT2D eigenvalue weighted by Gasteiger charge is 2.06. The Morgan fingerprint density at radius 2 is 1.17 bits per heavy atom. The lowest BCUT2D eigenvalue weighted by Crippen LogP contribution is -1.88. The molecule has 0 saturated heterocycles. The summed E-state index contributed by atoms with van der Waals surface area (Å²) in [6.07, 6.45) is 8.61. The molecule has 4 aromatic carbocycles. The van der Waals surface area contributed by atoms with Gasteiger partial charge in [0.1, 0.15) is 5.82 Å². The quantitative estimate of drug-likeness (QED) is 0.186. The van der Waals surface area contributed by atoms with Crippen LogP contribution >= 0.6 is 0 Å². The normalized spacial score (nSPS) is 10.4. The lowest BCUT2D eigenvalue weighted by atomic mass is 10.0. The number of unbranched alkanes of at least 4 members (excludes halogenated alkanes) is 4. The monoisotopic (exact) mass is 472 g/mol. The minimum Gasteiger partial charge on any atom is -0.205 e. The van der Waals surface area contributed by atoms with E-state index in [0.717, 1.165) is 34.9 Å². The van der Waals surface area contributed by atoms with Gasteiger partial charge in [0.25, 0.3) is 0 Å². The topological polar surface area (TPSA) is 0 Å². The summed E-state index contributed by atoms with van der Waals surface area (Å²) in [6.45, 7) is 4.35. The summed E-state index contributed by atoms with van der Waals surface area (Å²) in [7, 11) is 0. The van der Waals surface area contributed by atoms with E-state index in [-0.39, 0.29) is 5.82 Å². The van der Waals surface area contributed by atoms with Gasteiger partial charge in [0.15, 0.2) is 0 Å². The molecule has 0 bridgehead atoms. The Hall–Kier alpha value is -3.81. The third-order valence-electron chi connectivity index (χ3n) is 6.53. The van der Waals surface area contributed by atoms with Crippen LogP contribution in [-0.2, 0) is 12.8 Å². The van der Waals surface area contributed by atoms with Gasteiger partial charge in [-0.15, -0.1) is 0 Å². The van der Waals surface area contributed by atoms with E-state index in [4.69, 9.17) is 0 Å². The second-order valence-corrected chi connectivity index (χ2v) is 9.27. The van der Waals surface area contributed by atoms with Crippen molar-refractivity contribution in [3.05, 3.63) is 118 Å². The van der Waals surface area contributed by atoms with Crippen LogP contribution in [0.2, 0.25) is 0 Å². The molecule has 0 unspecified atom stereocenters. The molecule has 0 aromatic heterocycles. The summed E-state index contributed by atoms with van der Waals surface area (Å²) in [4.78, 5) is 0. The average Bonchev–Trinajstić information content (AvgIpc) is 2.92. The Bertz CT molecular complexity index is 1420. The molecule has 0 fully saturated rings. The molecule has 180 valence electrons. The maximum absolute atomic E-state index is 14.9. The summed E-state index contributed by atoms with van der Waals surface area (Å²) in [5, 5.41) is 1.53. The van der Waals surface area contributed by atoms with Crippen molar-refractivity contribution in [2.24, 2.45) is 0 Å². The van der Waals surface area contributed by atoms with Gasteiger partial charge in [-0.1, -0.05) is 99.6 Å². The summed E-state index contributed by atoms with van der Waals surface area (Å²) < 4.78 is 14.9. The van der Waals surface area contributed by atoms with Crippen LogP contribution in [0.3, 0.4) is 0 Å². The first-order chi connectivity index (χ1) is 17.7. The first kappa shape index (κ1) is 25.3. The van der Waals surface area contributed by atoms with Crippen LogP contribution in [-0.4, -0.2) is 0 Å². The van der Waals surface area contributed by atoms with E-state index < -0.39 is 0 Å². The standard InChI is InChI=1S/C35H33F/c1-3-5-6-7-8-9-28-10-12-29(13-11-28)14-15-30-16-18-31(19-17-30)20-22-32-23-24-33-26-27(4-2)21-25-34(33)35(32)36/h10-13,16-19,21,23-26H,3-9H2,1-2H3. The van der Waals surface area contributed by atoms with Crippen LogP contribution < -0.4 is 0 Å². The zero-order valence-corrected chi connectivity index (χ0v) is 21.3. The molecule has 1 heteroatoms. The van der Waals surface area contributed by atoms with Gasteiger partial charge < -0.3 is 0 Å². The lowest BCUT2D eigenvalue weighted by molar-refractivity contribution is 0.632. The van der Waals surface area contributed by atoms with Gasteiger partial charge in [-0.05, 0) is 78.2 Å². The predicted molar refractivity (Wildman–Crippen MR) is 151 cm³/mol. The molecule has 0 saturated carbocycles. The summed E-state index contributed by atoms with van der Waals surface area (Å²) >= 11 is 0. The number of rotatable bonds is 7. The van der Waals surface area contributed by atoms with Crippen molar-refractivity contribution in [1.82, 2.24) is 0 Å². The molecule has 4 aromatic rings. The zero-order chi connectivity index (χ0) is 25.2. The zero-order valence-electron chi connectivity index (χ0n) is 21.3. The molecule has 4 rings (SSSR count). The Morgan fingerprint density at radius 1 is 0.583 bits per heavy atom. The highest BCUT2D eigenvalue weighted by molar-refractivity contribution is 5.85. The smallest absolute Gasteiger partial charge is 0.146 e. The summed E-state index contributed by atoms with van der Waals surface area (Å²) in [5.41, 5.74) is 5.79. The molecule has 0 nitrogen and oxygen atoms in total. The molecule has 0 aliphatic carbocycles. The molecular formula is C35H33F. The van der Waals surface area contributed by atoms with E-state index in [1.165, 1.54) is 43.2 Å². The molecule has 0 N–H and O–H groups in total. The molecule has 0 radical (unpaired) electrons. The first-order valence-corrected chi connectivity index (χ1v) is 13.1. The predicted octanol–water partition coefficient (Wildman–Crippen LogP) is 8.85. The lowest BCUT2D eigenvalue weighted by Gasteiger charge is -2.04. The second kappa shape index (κ2) is 12.8. The summed E-state index contributed by atoms with van der Waals surface area (Å²) in [6, 6.07) is 26.0. The van der Waals surface area contributed by atoms with Crippen LogP contribution in [0.5, 0.6) is 0 Å². The van der Waals surface area contributed by atoms with Crippen molar-refractivity contribution < 1.29 is 4.39 Å². The van der Waals surface area contributed by atoms with Gasteiger partial charge in [-0.3, -0.25) is 0 Å². The summed E-state index contributed by atoms with van der Waals surface area (Å²) in [5.74, 6) is 12.3. The van der Waals surface area contributed by atoms with Gasteiger partial charge in [0, 0.05) is 22.1 Å². The van der Waals surface area contributed by atoms with E-state index in [1.54, 1.807) is 6.07 Å². The molecule has 0 aliphatic heterocycles. The first-order valence-electron chi connectivity index (χ1n) is 13.1. The fourth-order valence-corrected chi connectivity index (χ4v) is 4.27. The van der Waals surface area contributed by atoms with Crippen molar-refractivity contribution >= 4 is 10.8 Å². The van der Waals surface area contributed by atoms with Crippen LogP contribution in [0.15, 0.2) is 78.9 Å². The van der Waals surface area contributed by atoms with E-state index in [0.29, 0.717) is 10.9 Å². The van der Waals surface area contributed by atoms with Crippen LogP contribution in [0.1, 0.15) is 79.3 Å². The highest BCUT2D eigenvalue weighted by atomic mass is 19.1. The minimum absolute atomic E-state index is 0.257. The molecular weight excluding hydrogens is 439 g/mol. The third-order valence-corrected chi connectivity index (χ3v) is 6.53. The van der Waals surface area contributed by atoms with Gasteiger partial charge in [0.2, 0.25) is 0 Å².